The summed E-state index contributed by atoms with van der Waals surface area (Å²) in [6.07, 6.45) is -3.70. The molecule has 0 aliphatic carbocycles. The number of thioether (sulfide) groups is 1. The van der Waals surface area contributed by atoms with E-state index in [0.29, 0.717) is 28.4 Å². The quantitative estimate of drug-likeness (QED) is 0.553. The molecule has 0 aliphatic rings. The second-order valence-electron chi connectivity index (χ2n) is 7.17. The van der Waals surface area contributed by atoms with Gasteiger partial charge in [0, 0.05) is 13.6 Å². The number of aromatic nitrogens is 4. The minimum atomic E-state index is -4.42. The topological polar surface area (TPSA) is 64.7 Å². The van der Waals surface area contributed by atoms with E-state index in [1.165, 1.54) is 17.8 Å². The third-order valence-electron chi connectivity index (χ3n) is 4.90. The van der Waals surface area contributed by atoms with Crippen LogP contribution in [0.4, 0.5) is 18.9 Å². The molecule has 0 fully saturated rings. The molecule has 0 radical (unpaired) electrons. The van der Waals surface area contributed by atoms with Crippen molar-refractivity contribution in [1.82, 2.24) is 19.3 Å². The zero-order chi connectivity index (χ0) is 22.2. The number of rotatable bonds is 6. The largest absolute Gasteiger partial charge is 0.416 e. The van der Waals surface area contributed by atoms with Crippen molar-refractivity contribution in [2.24, 2.45) is 7.05 Å². The van der Waals surface area contributed by atoms with Crippen LogP contribution in [0, 0.1) is 13.8 Å². The van der Waals surface area contributed by atoms with Crippen LogP contribution in [0.25, 0.3) is 11.0 Å². The maximum Gasteiger partial charge on any atom is 0.416 e. The summed E-state index contributed by atoms with van der Waals surface area (Å²) in [5.41, 5.74) is 2.42. The molecule has 2 aromatic heterocycles. The number of aryl methyl sites for hydroxylation is 3. The lowest BCUT2D eigenvalue weighted by Gasteiger charge is -2.14. The van der Waals surface area contributed by atoms with Crippen LogP contribution in [-0.2, 0) is 24.6 Å². The Bertz CT molecular complexity index is 1090. The number of nitrogens with one attached hydrogen (secondary N) is 1. The van der Waals surface area contributed by atoms with Crippen LogP contribution in [0.1, 0.15) is 37.2 Å². The van der Waals surface area contributed by atoms with Gasteiger partial charge in [0.15, 0.2) is 5.16 Å². The van der Waals surface area contributed by atoms with Crippen LogP contribution in [0.15, 0.2) is 23.4 Å². The van der Waals surface area contributed by atoms with Crippen molar-refractivity contribution in [2.75, 3.05) is 5.32 Å². The zero-order valence-corrected chi connectivity index (χ0v) is 18.3. The number of carbonyl (C=O) groups is 1. The highest BCUT2D eigenvalue weighted by molar-refractivity contribution is 8.00. The molecule has 0 spiro atoms. The van der Waals surface area contributed by atoms with Crippen molar-refractivity contribution in [2.45, 2.75) is 57.2 Å². The van der Waals surface area contributed by atoms with Crippen LogP contribution in [0.3, 0.4) is 0 Å². The number of halogens is 3. The number of benzene rings is 1. The summed E-state index contributed by atoms with van der Waals surface area (Å²) < 4.78 is 42.9. The first-order valence-corrected chi connectivity index (χ1v) is 10.5. The highest BCUT2D eigenvalue weighted by Crippen LogP contribution is 2.34. The summed E-state index contributed by atoms with van der Waals surface area (Å²) in [7, 11) is 1.80. The fraction of sp³-hybridized carbons (Fsp3) is 0.450. The number of alkyl halides is 3. The normalized spacial score (nSPS) is 13.1. The molecule has 1 aromatic carbocycles. The molecule has 30 heavy (non-hydrogen) atoms. The van der Waals surface area contributed by atoms with Gasteiger partial charge in [-0.05, 0) is 45.4 Å². The highest BCUT2D eigenvalue weighted by atomic mass is 32.2. The van der Waals surface area contributed by atoms with Crippen LogP contribution in [-0.4, -0.2) is 30.5 Å². The predicted molar refractivity (Wildman–Crippen MR) is 112 cm³/mol. The van der Waals surface area contributed by atoms with Gasteiger partial charge in [-0.3, -0.25) is 9.48 Å². The summed E-state index contributed by atoms with van der Waals surface area (Å²) in [5, 5.41) is 7.21. The molecule has 1 atom stereocenters. The lowest BCUT2D eigenvalue weighted by atomic mass is 10.2. The predicted octanol–water partition coefficient (Wildman–Crippen LogP) is 4.93. The van der Waals surface area contributed by atoms with Crippen molar-refractivity contribution in [3.05, 3.63) is 35.2 Å². The maximum absolute atomic E-state index is 13.1. The molecule has 1 N–H and O–H groups in total. The molecule has 1 unspecified atom stereocenters. The third kappa shape index (κ3) is 4.33. The van der Waals surface area contributed by atoms with E-state index in [0.717, 1.165) is 29.9 Å². The van der Waals surface area contributed by atoms with Crippen LogP contribution in [0.5, 0.6) is 0 Å². The van der Waals surface area contributed by atoms with Gasteiger partial charge in [-0.15, -0.1) is 0 Å². The van der Waals surface area contributed by atoms with E-state index in [2.05, 4.69) is 15.4 Å². The molecule has 6 nitrogen and oxygen atoms in total. The molecule has 0 saturated heterocycles. The van der Waals surface area contributed by atoms with E-state index in [9.17, 15) is 18.0 Å². The Balaban J connectivity index is 1.88. The minimum Gasteiger partial charge on any atom is -0.322 e. The Morgan fingerprint density at radius 3 is 2.57 bits per heavy atom. The monoisotopic (exact) mass is 439 g/mol. The number of amides is 1. The Labute approximate surface area is 176 Å². The number of anilines is 1. The minimum absolute atomic E-state index is 0.217. The first-order valence-electron chi connectivity index (χ1n) is 9.58. The molecule has 3 rings (SSSR count). The van der Waals surface area contributed by atoms with Crippen molar-refractivity contribution >= 4 is 34.4 Å². The summed E-state index contributed by atoms with van der Waals surface area (Å²) in [6, 6.07) is 3.53. The SMILES string of the molecule is CCCn1c(SC(C)C(=O)Nc2c(C)nn(C)c2C)nc2ccc(C(F)(F)F)cc21. The second kappa shape index (κ2) is 8.33. The third-order valence-corrected chi connectivity index (χ3v) is 5.99. The molecular weight excluding hydrogens is 415 g/mol. The molecule has 0 bridgehead atoms. The van der Waals surface area contributed by atoms with E-state index in [1.54, 1.807) is 23.2 Å². The number of hydrogen-bond donors (Lipinski definition) is 1. The van der Waals surface area contributed by atoms with E-state index in [1.807, 2.05) is 20.8 Å². The first-order chi connectivity index (χ1) is 14.0. The smallest absolute Gasteiger partial charge is 0.322 e. The molecule has 0 aliphatic heterocycles. The van der Waals surface area contributed by atoms with Crippen molar-refractivity contribution in [3.63, 3.8) is 0 Å². The van der Waals surface area contributed by atoms with Crippen LogP contribution in [0.2, 0.25) is 0 Å². The number of nitrogens with zero attached hydrogens (tertiary/aromatic N) is 4. The highest BCUT2D eigenvalue weighted by Gasteiger charge is 2.31. The Morgan fingerprint density at radius 1 is 1.30 bits per heavy atom. The molecule has 10 heteroatoms. The van der Waals surface area contributed by atoms with E-state index >= 15 is 0 Å². The van der Waals surface area contributed by atoms with Gasteiger partial charge in [-0.25, -0.2) is 4.98 Å². The van der Waals surface area contributed by atoms with Gasteiger partial charge in [-0.1, -0.05) is 18.7 Å². The van der Waals surface area contributed by atoms with Gasteiger partial charge < -0.3 is 9.88 Å². The molecule has 2 heterocycles. The van der Waals surface area contributed by atoms with Gasteiger partial charge in [0.2, 0.25) is 5.91 Å². The molecule has 0 saturated carbocycles. The zero-order valence-electron chi connectivity index (χ0n) is 17.5. The standard InChI is InChI=1S/C20H24F3N5OS/c1-6-9-28-16-10-14(20(21,22)23)7-8-15(16)24-19(28)30-13(4)18(29)25-17-11(2)26-27(5)12(17)3/h7-8,10,13H,6,9H2,1-5H3,(H,25,29). The number of fused-ring (bicyclic) bond motifs is 1. The van der Waals surface area contributed by atoms with Crippen molar-refractivity contribution in [3.8, 4) is 0 Å². The maximum atomic E-state index is 13.1. The van der Waals surface area contributed by atoms with Crippen molar-refractivity contribution < 1.29 is 18.0 Å². The Hall–Kier alpha value is -2.49. The second-order valence-corrected chi connectivity index (χ2v) is 8.47. The lowest BCUT2D eigenvalue weighted by Crippen LogP contribution is -2.23. The Kier molecular flexibility index (Phi) is 6.16. The summed E-state index contributed by atoms with van der Waals surface area (Å²) in [5.74, 6) is -0.217. The number of imidazole rings is 1. The Morgan fingerprint density at radius 2 is 2.00 bits per heavy atom. The first kappa shape index (κ1) is 22.2. The number of carbonyl (C=O) groups excluding carboxylic acids is 1. The summed E-state index contributed by atoms with van der Waals surface area (Å²) >= 11 is 1.23. The fourth-order valence-corrected chi connectivity index (χ4v) is 4.15. The summed E-state index contributed by atoms with van der Waals surface area (Å²) in [6.45, 7) is 7.89. The average Bonchev–Trinajstić information content (AvgIpc) is 3.12. The van der Waals surface area contributed by atoms with E-state index < -0.39 is 17.0 Å². The van der Waals surface area contributed by atoms with Crippen LogP contribution < -0.4 is 5.32 Å². The molecular formula is C20H24F3N5OS. The van der Waals surface area contributed by atoms with Gasteiger partial charge in [0.1, 0.15) is 0 Å². The summed E-state index contributed by atoms with van der Waals surface area (Å²) in [4.78, 5) is 17.2. The van der Waals surface area contributed by atoms with Gasteiger partial charge in [0.05, 0.1) is 38.9 Å². The number of hydrogen-bond acceptors (Lipinski definition) is 4. The van der Waals surface area contributed by atoms with Gasteiger partial charge in [-0.2, -0.15) is 18.3 Å². The van der Waals surface area contributed by atoms with Gasteiger partial charge in [0.25, 0.3) is 0 Å². The van der Waals surface area contributed by atoms with Crippen LogP contribution >= 0.6 is 11.8 Å². The van der Waals surface area contributed by atoms with Crippen molar-refractivity contribution in [1.29, 1.82) is 0 Å². The molecule has 1 amide bonds. The average molecular weight is 440 g/mol. The molecule has 3 aromatic rings. The van der Waals surface area contributed by atoms with E-state index in [-0.39, 0.29) is 5.91 Å². The lowest BCUT2D eigenvalue weighted by molar-refractivity contribution is -0.137. The fourth-order valence-electron chi connectivity index (χ4n) is 3.20. The van der Waals surface area contributed by atoms with Gasteiger partial charge >= 0.3 is 6.18 Å². The molecule has 162 valence electrons. The van der Waals surface area contributed by atoms with E-state index in [4.69, 9.17) is 0 Å².